The molecule has 0 amide bonds. The lowest BCUT2D eigenvalue weighted by atomic mass is 10.1. The van der Waals surface area contributed by atoms with Crippen molar-refractivity contribution in [3.05, 3.63) is 72.4 Å². The van der Waals surface area contributed by atoms with E-state index >= 15 is 0 Å². The van der Waals surface area contributed by atoms with E-state index in [0.717, 1.165) is 24.0 Å². The minimum Gasteiger partial charge on any atom is -0.103 e. The molecule has 0 heterocycles. The topological polar surface area (TPSA) is 0 Å². The quantitative estimate of drug-likeness (QED) is 0.522. The minimum atomic E-state index is 0.812. The van der Waals surface area contributed by atoms with Gasteiger partial charge in [-0.3, -0.25) is 0 Å². The van der Waals surface area contributed by atoms with Crippen molar-refractivity contribution < 1.29 is 0 Å². The first-order valence-electron chi connectivity index (χ1n) is 5.75. The molecule has 1 aromatic rings. The Hall–Kier alpha value is -2.00. The van der Waals surface area contributed by atoms with Crippen LogP contribution in [-0.2, 0) is 0 Å². The van der Waals surface area contributed by atoms with Crippen molar-refractivity contribution in [2.24, 2.45) is 0 Å². The molecule has 86 valence electrons. The Balaban J connectivity index is 2.86. The van der Waals surface area contributed by atoms with E-state index in [4.69, 9.17) is 0 Å². The van der Waals surface area contributed by atoms with Crippen molar-refractivity contribution in [3.8, 4) is 11.8 Å². The molecule has 0 aliphatic rings. The van der Waals surface area contributed by atoms with Gasteiger partial charge in [0.05, 0.1) is 0 Å². The van der Waals surface area contributed by atoms with Crippen LogP contribution in [0.25, 0.3) is 0 Å². The molecule has 0 N–H and O–H groups in total. The zero-order valence-corrected chi connectivity index (χ0v) is 10.4. The molecule has 0 saturated carbocycles. The van der Waals surface area contributed by atoms with E-state index in [1.165, 1.54) is 5.56 Å². The Morgan fingerprint density at radius 2 is 2.12 bits per heavy atom. The summed E-state index contributed by atoms with van der Waals surface area (Å²) in [6.45, 7) is 9.52. The molecule has 0 spiro atoms. The summed E-state index contributed by atoms with van der Waals surface area (Å²) in [6, 6.07) is 8.22. The number of hydrogen-bond acceptors (Lipinski definition) is 0. The summed E-state index contributed by atoms with van der Waals surface area (Å²) in [5.74, 6) is 6.37. The van der Waals surface area contributed by atoms with E-state index in [0.29, 0.717) is 0 Å². The molecule has 0 atom stereocenters. The van der Waals surface area contributed by atoms with Crippen LogP contribution < -0.4 is 0 Å². The van der Waals surface area contributed by atoms with E-state index in [1.54, 1.807) is 0 Å². The second kappa shape index (κ2) is 7.30. The van der Waals surface area contributed by atoms with Crippen molar-refractivity contribution in [2.75, 3.05) is 0 Å². The van der Waals surface area contributed by atoms with Gasteiger partial charge in [0.2, 0.25) is 0 Å². The zero-order chi connectivity index (χ0) is 12.5. The molecule has 0 aliphatic heterocycles. The first kappa shape index (κ1) is 13.1. The highest BCUT2D eigenvalue weighted by Gasteiger charge is 1.90. The Bertz CT molecular complexity index is 478. The smallest absolute Gasteiger partial charge is 0.0251 e. The van der Waals surface area contributed by atoms with Crippen LogP contribution in [0.2, 0.25) is 0 Å². The van der Waals surface area contributed by atoms with Crippen molar-refractivity contribution in [3.63, 3.8) is 0 Å². The molecular weight excluding hydrogens is 204 g/mol. The van der Waals surface area contributed by atoms with E-state index in [9.17, 15) is 0 Å². The average Bonchev–Trinajstić information content (AvgIpc) is 2.33. The average molecular weight is 222 g/mol. The second-order valence-corrected chi connectivity index (χ2v) is 3.87. The molecule has 17 heavy (non-hydrogen) atoms. The van der Waals surface area contributed by atoms with Gasteiger partial charge in [0.1, 0.15) is 0 Å². The predicted octanol–water partition coefficient (Wildman–Crippen LogP) is 4.43. The van der Waals surface area contributed by atoms with Crippen molar-refractivity contribution in [1.82, 2.24) is 0 Å². The van der Waals surface area contributed by atoms with Gasteiger partial charge in [0, 0.05) is 11.1 Å². The summed E-state index contributed by atoms with van der Waals surface area (Å²) in [5.41, 5.74) is 3.39. The molecule has 1 rings (SSSR count). The molecule has 0 unspecified atom stereocenters. The Kier molecular flexibility index (Phi) is 5.61. The van der Waals surface area contributed by atoms with Gasteiger partial charge >= 0.3 is 0 Å². The fraction of sp³-hybridized carbons (Fsp3) is 0.176. The van der Waals surface area contributed by atoms with Gasteiger partial charge < -0.3 is 0 Å². The van der Waals surface area contributed by atoms with Crippen LogP contribution in [0, 0.1) is 18.8 Å². The lowest BCUT2D eigenvalue weighted by molar-refractivity contribution is 1.26. The van der Waals surface area contributed by atoms with Crippen LogP contribution >= 0.6 is 0 Å². The highest BCUT2D eigenvalue weighted by molar-refractivity contribution is 5.42. The lowest BCUT2D eigenvalue weighted by Gasteiger charge is -1.95. The maximum Gasteiger partial charge on any atom is 0.0251 e. The van der Waals surface area contributed by atoms with Crippen molar-refractivity contribution in [1.29, 1.82) is 0 Å². The fourth-order valence-electron chi connectivity index (χ4n) is 1.44. The van der Waals surface area contributed by atoms with E-state index in [2.05, 4.69) is 50.1 Å². The molecule has 0 heteroatoms. The van der Waals surface area contributed by atoms with Crippen LogP contribution in [0.5, 0.6) is 0 Å². The van der Waals surface area contributed by atoms with Gasteiger partial charge in [-0.05, 0) is 37.5 Å². The first-order chi connectivity index (χ1) is 8.26. The summed E-state index contributed by atoms with van der Waals surface area (Å²) in [5, 5.41) is 0. The Morgan fingerprint density at radius 1 is 1.29 bits per heavy atom. The standard InChI is InChI=1S/C17H18/c1-4-6-10-16(8-5-2)12-13-17-11-7-9-15(3)14-17/h4-5,7,9-11,14H,1-2,6,8H2,3H3. The number of allylic oxidation sites excluding steroid dienone is 4. The van der Waals surface area contributed by atoms with Crippen LogP contribution in [-0.4, -0.2) is 0 Å². The fourth-order valence-corrected chi connectivity index (χ4v) is 1.44. The van der Waals surface area contributed by atoms with Gasteiger partial charge in [0.15, 0.2) is 0 Å². The molecule has 0 bridgehead atoms. The first-order valence-corrected chi connectivity index (χ1v) is 5.75. The van der Waals surface area contributed by atoms with Gasteiger partial charge in [-0.25, -0.2) is 0 Å². The van der Waals surface area contributed by atoms with Gasteiger partial charge in [-0.1, -0.05) is 42.2 Å². The SMILES string of the molecule is C=CCC=C(C#Cc1cccc(C)c1)CC=C. The highest BCUT2D eigenvalue weighted by atomic mass is 13.9. The van der Waals surface area contributed by atoms with Crippen LogP contribution in [0.3, 0.4) is 0 Å². The highest BCUT2D eigenvalue weighted by Crippen LogP contribution is 2.05. The number of benzene rings is 1. The summed E-state index contributed by atoms with van der Waals surface area (Å²) >= 11 is 0. The third-order valence-corrected chi connectivity index (χ3v) is 2.28. The van der Waals surface area contributed by atoms with Crippen LogP contribution in [0.1, 0.15) is 24.0 Å². The predicted molar refractivity (Wildman–Crippen MR) is 75.8 cm³/mol. The normalized spacial score (nSPS) is 10.3. The largest absolute Gasteiger partial charge is 0.103 e. The van der Waals surface area contributed by atoms with Gasteiger partial charge in [-0.2, -0.15) is 0 Å². The van der Waals surface area contributed by atoms with Crippen LogP contribution in [0.4, 0.5) is 0 Å². The molecule has 1 aromatic carbocycles. The molecule has 0 aliphatic carbocycles. The zero-order valence-electron chi connectivity index (χ0n) is 10.4. The summed E-state index contributed by atoms with van der Waals surface area (Å²) < 4.78 is 0. The lowest BCUT2D eigenvalue weighted by Crippen LogP contribution is -1.79. The van der Waals surface area contributed by atoms with Crippen LogP contribution in [0.15, 0.2) is 61.2 Å². The molecular formula is C17H18. The molecule has 0 saturated heterocycles. The Labute approximate surface area is 104 Å². The summed E-state index contributed by atoms with van der Waals surface area (Å²) in [7, 11) is 0. The third kappa shape index (κ3) is 5.04. The molecule has 0 nitrogen and oxygen atoms in total. The van der Waals surface area contributed by atoms with Gasteiger partial charge in [-0.15, -0.1) is 13.2 Å². The van der Waals surface area contributed by atoms with E-state index < -0.39 is 0 Å². The monoisotopic (exact) mass is 222 g/mol. The van der Waals surface area contributed by atoms with Crippen molar-refractivity contribution >= 4 is 0 Å². The maximum absolute atomic E-state index is 3.74. The molecule has 0 fully saturated rings. The van der Waals surface area contributed by atoms with E-state index in [1.807, 2.05) is 24.3 Å². The Morgan fingerprint density at radius 3 is 2.76 bits per heavy atom. The maximum atomic E-state index is 3.74. The van der Waals surface area contributed by atoms with E-state index in [-0.39, 0.29) is 0 Å². The van der Waals surface area contributed by atoms with Gasteiger partial charge in [0.25, 0.3) is 0 Å². The third-order valence-electron chi connectivity index (χ3n) is 2.28. The number of rotatable bonds is 4. The molecule has 0 radical (unpaired) electrons. The summed E-state index contributed by atoms with van der Waals surface area (Å²) in [6.07, 6.45) is 7.51. The number of hydrogen-bond donors (Lipinski definition) is 0. The summed E-state index contributed by atoms with van der Waals surface area (Å²) in [4.78, 5) is 0. The van der Waals surface area contributed by atoms with Crippen molar-refractivity contribution in [2.45, 2.75) is 19.8 Å². The molecule has 0 aromatic heterocycles. The minimum absolute atomic E-state index is 0.812. The number of aryl methyl sites for hydroxylation is 1. The second-order valence-electron chi connectivity index (χ2n) is 3.87.